The number of rotatable bonds is 4. The fraction of sp³-hybridized carbons (Fsp3) is 0.167. The van der Waals surface area contributed by atoms with Crippen molar-refractivity contribution in [2.45, 2.75) is 24.7 Å². The van der Waals surface area contributed by atoms with E-state index in [0.29, 0.717) is 11.8 Å². The zero-order valence-electron chi connectivity index (χ0n) is 15.2. The molecule has 2 aliphatic rings. The molecule has 0 aliphatic heterocycles. The van der Waals surface area contributed by atoms with Gasteiger partial charge in [-0.3, -0.25) is 12.2 Å². The fourth-order valence-corrected chi connectivity index (χ4v) is 3.20. The predicted octanol–water partition coefficient (Wildman–Crippen LogP) is 0.358. The van der Waals surface area contributed by atoms with Crippen molar-refractivity contribution in [1.82, 2.24) is 0 Å². The van der Waals surface area contributed by atoms with Gasteiger partial charge in [-0.15, -0.1) is 36.4 Å². The van der Waals surface area contributed by atoms with E-state index < -0.39 is 0 Å². The molecule has 2 aliphatic carbocycles. The van der Waals surface area contributed by atoms with Gasteiger partial charge in [-0.1, -0.05) is 60.4 Å². The van der Waals surface area contributed by atoms with E-state index in [-0.39, 0.29) is 51.0 Å². The van der Waals surface area contributed by atoms with Gasteiger partial charge in [-0.05, 0) is 12.8 Å². The Morgan fingerprint density at radius 3 is 1.44 bits per heavy atom. The summed E-state index contributed by atoms with van der Waals surface area (Å²) in [7, 11) is 0. The molecule has 0 radical (unpaired) electrons. The topological polar surface area (TPSA) is 0 Å². The van der Waals surface area contributed by atoms with Crippen LogP contribution in [0.5, 0.6) is 0 Å². The maximum absolute atomic E-state index is 3.74. The molecule has 0 nitrogen and oxygen atoms in total. The number of fused-ring (bicyclic) bond motifs is 2. The van der Waals surface area contributed by atoms with Crippen LogP contribution in [0.15, 0.2) is 73.8 Å². The maximum Gasteiger partial charge on any atom is 4.00 e. The first-order valence-electron chi connectivity index (χ1n) is 8.41. The van der Waals surface area contributed by atoms with E-state index in [1.165, 1.54) is 22.3 Å². The number of halogens is 2. The van der Waals surface area contributed by atoms with Crippen LogP contribution in [0, 0.1) is 12.2 Å². The van der Waals surface area contributed by atoms with Crippen molar-refractivity contribution in [3.63, 3.8) is 0 Å². The zero-order chi connectivity index (χ0) is 16.8. The summed E-state index contributed by atoms with van der Waals surface area (Å²) in [6, 6.07) is 16.9. The standard InChI is InChI=1S/2C12H11.2ClH.Zr/c2*1-2-5-10-8-9-11-6-3-4-7-12(10)11;;;/h2*2-4,6-7,9-10H,1,5H2;2*1H;/q2*-1;;;+4/p-2. The van der Waals surface area contributed by atoms with Crippen LogP contribution >= 0.6 is 0 Å². The average molecular weight is 473 g/mol. The van der Waals surface area contributed by atoms with E-state index in [1.54, 1.807) is 0 Å². The minimum absolute atomic E-state index is 0. The van der Waals surface area contributed by atoms with Gasteiger partial charge in [0.05, 0.1) is 0 Å². The van der Waals surface area contributed by atoms with Gasteiger partial charge in [0.1, 0.15) is 0 Å². The molecule has 0 saturated heterocycles. The molecule has 2 aromatic rings. The Labute approximate surface area is 195 Å². The molecular weight excluding hydrogens is 450 g/mol. The van der Waals surface area contributed by atoms with Crippen LogP contribution in [-0.2, 0) is 26.2 Å². The summed E-state index contributed by atoms with van der Waals surface area (Å²) in [4.78, 5) is 0. The zero-order valence-corrected chi connectivity index (χ0v) is 19.1. The number of benzene rings is 2. The molecule has 0 spiro atoms. The van der Waals surface area contributed by atoms with Gasteiger partial charge in [-0.25, -0.2) is 12.2 Å². The summed E-state index contributed by atoms with van der Waals surface area (Å²) >= 11 is 0. The predicted molar refractivity (Wildman–Crippen MR) is 103 cm³/mol. The summed E-state index contributed by atoms with van der Waals surface area (Å²) in [5, 5.41) is 0. The third kappa shape index (κ3) is 6.46. The van der Waals surface area contributed by atoms with Crippen molar-refractivity contribution in [2.75, 3.05) is 0 Å². The third-order valence-corrected chi connectivity index (χ3v) is 4.43. The molecule has 2 atom stereocenters. The van der Waals surface area contributed by atoms with Crippen LogP contribution in [0.25, 0.3) is 12.2 Å². The molecule has 2 aromatic carbocycles. The van der Waals surface area contributed by atoms with Crippen LogP contribution in [-0.4, -0.2) is 0 Å². The Balaban J connectivity index is 0.000000451. The van der Waals surface area contributed by atoms with Gasteiger partial charge < -0.3 is 24.8 Å². The molecule has 3 heteroatoms. The number of hydrogen-bond donors (Lipinski definition) is 0. The van der Waals surface area contributed by atoms with Crippen molar-refractivity contribution in [2.24, 2.45) is 0 Å². The second-order valence-electron chi connectivity index (χ2n) is 6.03. The first-order chi connectivity index (χ1) is 11.8. The van der Waals surface area contributed by atoms with Gasteiger partial charge in [-0.2, -0.15) is 11.1 Å². The molecule has 0 N–H and O–H groups in total. The molecule has 0 amide bonds. The normalized spacial score (nSPS) is 17.0. The van der Waals surface area contributed by atoms with Crippen molar-refractivity contribution in [3.05, 3.63) is 108 Å². The van der Waals surface area contributed by atoms with Crippen molar-refractivity contribution < 1.29 is 51.0 Å². The van der Waals surface area contributed by atoms with E-state index in [9.17, 15) is 0 Å². The second kappa shape index (κ2) is 13.1. The van der Waals surface area contributed by atoms with Crippen LogP contribution in [0.2, 0.25) is 0 Å². The van der Waals surface area contributed by atoms with Crippen LogP contribution < -0.4 is 24.8 Å². The summed E-state index contributed by atoms with van der Waals surface area (Å²) < 4.78 is 0. The smallest absolute Gasteiger partial charge is 1.00 e. The van der Waals surface area contributed by atoms with Crippen molar-refractivity contribution in [3.8, 4) is 0 Å². The molecule has 0 heterocycles. The molecule has 2 unspecified atom stereocenters. The molecule has 27 heavy (non-hydrogen) atoms. The molecule has 0 saturated carbocycles. The van der Waals surface area contributed by atoms with Crippen molar-refractivity contribution in [1.29, 1.82) is 0 Å². The largest absolute Gasteiger partial charge is 4.00 e. The third-order valence-electron chi connectivity index (χ3n) is 4.43. The first-order valence-corrected chi connectivity index (χ1v) is 8.41. The maximum atomic E-state index is 3.74. The summed E-state index contributed by atoms with van der Waals surface area (Å²) in [6.07, 6.45) is 16.7. The van der Waals surface area contributed by atoms with Crippen LogP contribution in [0.1, 0.15) is 46.9 Å². The van der Waals surface area contributed by atoms with E-state index in [2.05, 4.69) is 86.0 Å². The summed E-state index contributed by atoms with van der Waals surface area (Å²) in [6.45, 7) is 7.49. The minimum Gasteiger partial charge on any atom is -1.00 e. The fourth-order valence-electron chi connectivity index (χ4n) is 3.20. The van der Waals surface area contributed by atoms with Gasteiger partial charge in [0, 0.05) is 0 Å². The van der Waals surface area contributed by atoms with Gasteiger partial charge in [0.25, 0.3) is 0 Å². The molecule has 4 rings (SSSR count). The SMILES string of the molecule is C=CCC1[C-]=Cc2ccccc21.C=CCC1[C-]=Cc2ccccc21.[Cl-].[Cl-].[Zr+4]. The molecular formula is C24H22Cl2Zr. The molecule has 0 aromatic heterocycles. The summed E-state index contributed by atoms with van der Waals surface area (Å²) in [5.74, 6) is 0.886. The van der Waals surface area contributed by atoms with E-state index in [4.69, 9.17) is 0 Å². The van der Waals surface area contributed by atoms with Crippen LogP contribution in [0.3, 0.4) is 0 Å². The van der Waals surface area contributed by atoms with Gasteiger partial charge in [0.15, 0.2) is 0 Å². The monoisotopic (exact) mass is 470 g/mol. The van der Waals surface area contributed by atoms with Gasteiger partial charge >= 0.3 is 26.2 Å². The second-order valence-corrected chi connectivity index (χ2v) is 6.03. The van der Waals surface area contributed by atoms with Crippen LogP contribution in [0.4, 0.5) is 0 Å². The molecule has 0 bridgehead atoms. The Hall–Kier alpha value is -1.14. The molecule has 136 valence electrons. The van der Waals surface area contributed by atoms with Gasteiger partial charge in [0.2, 0.25) is 0 Å². The van der Waals surface area contributed by atoms with E-state index in [1.807, 2.05) is 12.2 Å². The van der Waals surface area contributed by atoms with E-state index >= 15 is 0 Å². The summed E-state index contributed by atoms with van der Waals surface area (Å²) in [5.41, 5.74) is 5.39. The Morgan fingerprint density at radius 2 is 1.07 bits per heavy atom. The minimum atomic E-state index is 0. The first kappa shape index (κ1) is 25.9. The quantitative estimate of drug-likeness (QED) is 0.446. The number of hydrogen-bond acceptors (Lipinski definition) is 0. The molecule has 0 fully saturated rings. The average Bonchev–Trinajstić information content (AvgIpc) is 3.22. The Kier molecular flexibility index (Phi) is 12.6. The Morgan fingerprint density at radius 1 is 0.704 bits per heavy atom. The van der Waals surface area contributed by atoms with Crippen molar-refractivity contribution >= 4 is 12.2 Å². The number of allylic oxidation sites excluding steroid dienone is 4. The Bertz CT molecular complexity index is 725. The van der Waals surface area contributed by atoms with E-state index in [0.717, 1.165) is 12.8 Å².